The summed E-state index contributed by atoms with van der Waals surface area (Å²) in [5, 5.41) is 0. The minimum atomic E-state index is -3.69. The van der Waals surface area contributed by atoms with Crippen molar-refractivity contribution >= 4 is 10.0 Å². The highest BCUT2D eigenvalue weighted by Crippen LogP contribution is 2.28. The molecule has 0 heterocycles. The lowest BCUT2D eigenvalue weighted by Crippen LogP contribution is -2.28. The molecule has 5 heteroatoms. The zero-order chi connectivity index (χ0) is 18.1. The predicted molar refractivity (Wildman–Crippen MR) is 97.1 cm³/mol. The average Bonchev–Trinajstić information content (AvgIpc) is 2.50. The van der Waals surface area contributed by atoms with E-state index in [-0.39, 0.29) is 10.9 Å². The predicted octanol–water partition coefficient (Wildman–Crippen LogP) is 3.97. The van der Waals surface area contributed by atoms with Gasteiger partial charge in [0.1, 0.15) is 10.6 Å². The third-order valence-corrected chi connectivity index (χ3v) is 5.85. The summed E-state index contributed by atoms with van der Waals surface area (Å²) < 4.78 is 33.6. The minimum Gasteiger partial charge on any atom is -0.495 e. The summed E-state index contributed by atoms with van der Waals surface area (Å²) in [6, 6.07) is 8.93. The van der Waals surface area contributed by atoms with Crippen LogP contribution >= 0.6 is 0 Å². The van der Waals surface area contributed by atoms with Gasteiger partial charge in [-0.1, -0.05) is 18.2 Å². The number of rotatable bonds is 5. The molecule has 0 amide bonds. The topological polar surface area (TPSA) is 55.4 Å². The molecule has 0 aliphatic carbocycles. The van der Waals surface area contributed by atoms with Crippen LogP contribution in [0.4, 0.5) is 0 Å². The van der Waals surface area contributed by atoms with Crippen LogP contribution in [0.2, 0.25) is 0 Å². The molecule has 1 atom stereocenters. The lowest BCUT2D eigenvalue weighted by molar-refractivity contribution is 0.402. The van der Waals surface area contributed by atoms with Crippen molar-refractivity contribution < 1.29 is 13.2 Å². The normalized spacial score (nSPS) is 12.9. The highest BCUT2D eigenvalue weighted by Gasteiger charge is 2.23. The quantitative estimate of drug-likeness (QED) is 0.890. The standard InChI is InChI=1S/C19H25NO3S/c1-12-7-8-18(23-6)19(9-12)24(21,22)20-16(5)17-11-14(3)13(2)10-15(17)4/h7-11,16,20H,1-6H3. The van der Waals surface area contributed by atoms with Crippen molar-refractivity contribution in [3.63, 3.8) is 0 Å². The van der Waals surface area contributed by atoms with Crippen molar-refractivity contribution in [2.45, 2.75) is 45.6 Å². The second-order valence-corrected chi connectivity index (χ2v) is 7.97. The van der Waals surface area contributed by atoms with Crippen molar-refractivity contribution in [3.05, 3.63) is 58.1 Å². The molecular weight excluding hydrogens is 322 g/mol. The van der Waals surface area contributed by atoms with Gasteiger partial charge < -0.3 is 4.74 Å². The number of nitrogens with one attached hydrogen (secondary N) is 1. The molecule has 24 heavy (non-hydrogen) atoms. The molecule has 0 aliphatic rings. The molecule has 1 unspecified atom stereocenters. The molecule has 2 aromatic carbocycles. The maximum absolute atomic E-state index is 12.8. The Balaban J connectivity index is 2.39. The fourth-order valence-corrected chi connectivity index (χ4v) is 4.28. The van der Waals surface area contributed by atoms with E-state index in [1.165, 1.54) is 12.7 Å². The minimum absolute atomic E-state index is 0.165. The molecule has 2 aromatic rings. The van der Waals surface area contributed by atoms with Crippen molar-refractivity contribution in [2.75, 3.05) is 7.11 Å². The number of benzene rings is 2. The van der Waals surface area contributed by atoms with Gasteiger partial charge in [0.25, 0.3) is 0 Å². The van der Waals surface area contributed by atoms with Gasteiger partial charge >= 0.3 is 0 Å². The molecule has 4 nitrogen and oxygen atoms in total. The summed E-state index contributed by atoms with van der Waals surface area (Å²) >= 11 is 0. The largest absolute Gasteiger partial charge is 0.495 e. The molecule has 0 saturated carbocycles. The lowest BCUT2D eigenvalue weighted by Gasteiger charge is -2.19. The van der Waals surface area contributed by atoms with Gasteiger partial charge in [-0.2, -0.15) is 0 Å². The van der Waals surface area contributed by atoms with Crippen LogP contribution in [-0.4, -0.2) is 15.5 Å². The Morgan fingerprint density at radius 2 is 1.58 bits per heavy atom. The van der Waals surface area contributed by atoms with E-state index in [2.05, 4.69) is 17.7 Å². The van der Waals surface area contributed by atoms with Crippen LogP contribution in [0.5, 0.6) is 5.75 Å². The van der Waals surface area contributed by atoms with Crippen LogP contribution < -0.4 is 9.46 Å². The second-order valence-electron chi connectivity index (χ2n) is 6.29. The van der Waals surface area contributed by atoms with E-state index in [9.17, 15) is 8.42 Å². The van der Waals surface area contributed by atoms with Crippen LogP contribution in [0.25, 0.3) is 0 Å². The Bertz CT molecular complexity index is 857. The summed E-state index contributed by atoms with van der Waals surface area (Å²) in [7, 11) is -2.21. The first-order chi connectivity index (χ1) is 11.2. The summed E-state index contributed by atoms with van der Waals surface area (Å²) in [4.78, 5) is 0.165. The maximum Gasteiger partial charge on any atom is 0.244 e. The van der Waals surface area contributed by atoms with Gasteiger partial charge in [-0.25, -0.2) is 13.1 Å². The summed E-state index contributed by atoms with van der Waals surface area (Å²) in [6.45, 7) is 9.80. The molecule has 0 saturated heterocycles. The molecule has 1 N–H and O–H groups in total. The van der Waals surface area contributed by atoms with Crippen LogP contribution in [0.3, 0.4) is 0 Å². The fraction of sp³-hybridized carbons (Fsp3) is 0.368. The first-order valence-electron chi connectivity index (χ1n) is 7.90. The summed E-state index contributed by atoms with van der Waals surface area (Å²) in [5.41, 5.74) is 5.27. The van der Waals surface area contributed by atoms with Crippen LogP contribution in [0.15, 0.2) is 35.2 Å². The monoisotopic (exact) mass is 347 g/mol. The molecule has 0 fully saturated rings. The Hall–Kier alpha value is -1.85. The van der Waals surface area contributed by atoms with E-state index in [1.54, 1.807) is 12.1 Å². The number of sulfonamides is 1. The number of ether oxygens (including phenoxy) is 1. The van der Waals surface area contributed by atoms with Gasteiger partial charge in [0.15, 0.2) is 0 Å². The Morgan fingerprint density at radius 1 is 0.958 bits per heavy atom. The van der Waals surface area contributed by atoms with E-state index < -0.39 is 10.0 Å². The van der Waals surface area contributed by atoms with E-state index in [4.69, 9.17) is 4.74 Å². The number of hydrogen-bond acceptors (Lipinski definition) is 3. The van der Waals surface area contributed by atoms with Gasteiger partial charge in [-0.15, -0.1) is 0 Å². The highest BCUT2D eigenvalue weighted by molar-refractivity contribution is 7.89. The molecule has 0 aliphatic heterocycles. The van der Waals surface area contributed by atoms with Gasteiger partial charge in [-0.05, 0) is 74.6 Å². The molecule has 0 spiro atoms. The number of hydrogen-bond donors (Lipinski definition) is 1. The Labute approximate surface area is 144 Å². The van der Waals surface area contributed by atoms with E-state index in [0.29, 0.717) is 5.75 Å². The lowest BCUT2D eigenvalue weighted by atomic mass is 9.97. The highest BCUT2D eigenvalue weighted by atomic mass is 32.2. The van der Waals surface area contributed by atoms with E-state index in [0.717, 1.165) is 22.3 Å². The smallest absolute Gasteiger partial charge is 0.244 e. The summed E-state index contributed by atoms with van der Waals surface area (Å²) in [5.74, 6) is 0.345. The van der Waals surface area contributed by atoms with Crippen molar-refractivity contribution in [3.8, 4) is 5.75 Å². The average molecular weight is 347 g/mol. The van der Waals surface area contributed by atoms with Crippen LogP contribution in [0.1, 0.15) is 40.8 Å². The molecule has 0 aromatic heterocycles. The third-order valence-electron chi connectivity index (χ3n) is 4.29. The molecule has 130 valence electrons. The van der Waals surface area contributed by atoms with Crippen LogP contribution in [-0.2, 0) is 10.0 Å². The second kappa shape index (κ2) is 6.95. The fourth-order valence-electron chi connectivity index (χ4n) is 2.80. The zero-order valence-electron chi connectivity index (χ0n) is 15.1. The van der Waals surface area contributed by atoms with Gasteiger partial charge in [0, 0.05) is 6.04 Å². The maximum atomic E-state index is 12.8. The zero-order valence-corrected chi connectivity index (χ0v) is 15.9. The van der Waals surface area contributed by atoms with Crippen LogP contribution in [0, 0.1) is 27.7 Å². The Morgan fingerprint density at radius 3 is 2.21 bits per heavy atom. The van der Waals surface area contributed by atoms with Gasteiger partial charge in [0.2, 0.25) is 10.0 Å². The van der Waals surface area contributed by atoms with Crippen molar-refractivity contribution in [2.24, 2.45) is 0 Å². The summed E-state index contributed by atoms with van der Waals surface area (Å²) in [6.07, 6.45) is 0. The SMILES string of the molecule is COc1ccc(C)cc1S(=O)(=O)NC(C)c1cc(C)c(C)cc1C. The molecule has 0 bridgehead atoms. The third kappa shape index (κ3) is 3.79. The van der Waals surface area contributed by atoms with Crippen molar-refractivity contribution in [1.29, 1.82) is 0 Å². The van der Waals surface area contributed by atoms with E-state index in [1.807, 2.05) is 39.8 Å². The van der Waals surface area contributed by atoms with E-state index >= 15 is 0 Å². The first-order valence-corrected chi connectivity index (χ1v) is 9.38. The molecular formula is C19H25NO3S. The van der Waals surface area contributed by atoms with Crippen molar-refractivity contribution in [1.82, 2.24) is 4.72 Å². The van der Waals surface area contributed by atoms with Gasteiger partial charge in [-0.3, -0.25) is 0 Å². The first kappa shape index (κ1) is 18.5. The molecule has 0 radical (unpaired) electrons. The number of aryl methyl sites for hydroxylation is 4. The molecule has 2 rings (SSSR count). The Kier molecular flexibility index (Phi) is 5.35. The number of methoxy groups -OCH3 is 1. The van der Waals surface area contributed by atoms with Gasteiger partial charge in [0.05, 0.1) is 7.11 Å².